The third-order valence-corrected chi connectivity index (χ3v) is 0.781. The van der Waals surface area contributed by atoms with Crippen molar-refractivity contribution in [3.8, 4) is 0 Å². The van der Waals surface area contributed by atoms with Crippen LogP contribution in [0, 0.1) is 0 Å². The fourth-order valence-electron chi connectivity index (χ4n) is 0.341. The summed E-state index contributed by atoms with van der Waals surface area (Å²) in [4.78, 5) is 4.13. The van der Waals surface area contributed by atoms with Gasteiger partial charge in [0.25, 0.3) is 0 Å². The van der Waals surface area contributed by atoms with Crippen LogP contribution in [0.4, 0.5) is 0 Å². The van der Waals surface area contributed by atoms with Gasteiger partial charge in [-0.3, -0.25) is 4.99 Å². The fraction of sp³-hybridized carbons (Fsp3) is 0.857. The molecule has 2 nitrogen and oxygen atoms in total. The van der Waals surface area contributed by atoms with Crippen molar-refractivity contribution in [3.63, 3.8) is 0 Å². The molecule has 0 aliphatic carbocycles. The zero-order valence-electron chi connectivity index (χ0n) is 7.26. The first-order chi connectivity index (χ1) is 4.13. The average molecular weight is 217 g/mol. The van der Waals surface area contributed by atoms with E-state index in [4.69, 9.17) is 0 Å². The molecule has 57 valence electrons. The minimum Gasteiger partial charge on any atom is -0.374 e. The van der Waals surface area contributed by atoms with Crippen LogP contribution in [0.1, 0.15) is 27.7 Å². The second kappa shape index (κ2) is 7.68. The first-order valence-corrected chi connectivity index (χ1v) is 3.40. The normalized spacial score (nSPS) is 10.6. The second-order valence-corrected chi connectivity index (χ2v) is 2.69. The van der Waals surface area contributed by atoms with Gasteiger partial charge in [0.05, 0.1) is 6.34 Å². The second-order valence-electron chi connectivity index (χ2n) is 2.69. The monoisotopic (exact) mass is 217 g/mol. The van der Waals surface area contributed by atoms with E-state index in [-0.39, 0.29) is 32.7 Å². The van der Waals surface area contributed by atoms with E-state index in [1.165, 1.54) is 0 Å². The number of hydrogen-bond acceptors (Lipinski definition) is 1. The molecule has 0 atom stereocenters. The van der Waals surface area contributed by atoms with Crippen LogP contribution in [-0.2, 0) is 32.7 Å². The Morgan fingerprint density at radius 1 is 1.20 bits per heavy atom. The minimum atomic E-state index is 0. The third-order valence-electron chi connectivity index (χ3n) is 0.781. The summed E-state index contributed by atoms with van der Waals surface area (Å²) < 4.78 is 0. The molecule has 3 heteroatoms. The molecule has 0 heterocycles. The van der Waals surface area contributed by atoms with Gasteiger partial charge in [0.1, 0.15) is 0 Å². The van der Waals surface area contributed by atoms with Gasteiger partial charge < -0.3 is 5.32 Å². The molecule has 0 saturated carbocycles. The molecule has 0 aliphatic rings. The van der Waals surface area contributed by atoms with Crippen LogP contribution in [0.2, 0.25) is 0 Å². The van der Waals surface area contributed by atoms with E-state index < -0.39 is 0 Å². The Morgan fingerprint density at radius 3 is 2.00 bits per heavy atom. The summed E-state index contributed by atoms with van der Waals surface area (Å²) in [6.07, 6.45) is 1.77. The van der Waals surface area contributed by atoms with Gasteiger partial charge in [-0.2, -0.15) is 0 Å². The van der Waals surface area contributed by atoms with E-state index in [0.29, 0.717) is 12.1 Å². The Hall–Kier alpha value is 0.574. The van der Waals surface area contributed by atoms with Crippen molar-refractivity contribution in [1.82, 2.24) is 5.32 Å². The van der Waals surface area contributed by atoms with Crippen molar-refractivity contribution >= 4 is 6.34 Å². The van der Waals surface area contributed by atoms with E-state index in [1.54, 1.807) is 6.34 Å². The summed E-state index contributed by atoms with van der Waals surface area (Å²) >= 11 is 0. The van der Waals surface area contributed by atoms with E-state index in [9.17, 15) is 0 Å². The van der Waals surface area contributed by atoms with Crippen molar-refractivity contribution in [3.05, 3.63) is 0 Å². The topological polar surface area (TPSA) is 24.4 Å². The SMILES string of the molecule is CC(C)N=CNC(C)C.[Y]. The predicted octanol–water partition coefficient (Wildman–Crippen LogP) is 1.42. The Morgan fingerprint density at radius 2 is 1.70 bits per heavy atom. The molecule has 0 aliphatic heterocycles. The molecule has 0 rings (SSSR count). The quantitative estimate of drug-likeness (QED) is 0.561. The summed E-state index contributed by atoms with van der Waals surface area (Å²) in [5, 5.41) is 3.09. The zero-order valence-corrected chi connectivity index (χ0v) is 10.1. The molecule has 0 unspecified atom stereocenters. The van der Waals surface area contributed by atoms with Gasteiger partial charge in [-0.15, -0.1) is 0 Å². The first-order valence-electron chi connectivity index (χ1n) is 3.40. The number of hydrogen-bond donors (Lipinski definition) is 1. The average Bonchev–Trinajstić information content (AvgIpc) is 1.63. The van der Waals surface area contributed by atoms with Crippen LogP contribution in [-0.4, -0.2) is 18.4 Å². The van der Waals surface area contributed by atoms with Crippen LogP contribution in [0.15, 0.2) is 4.99 Å². The fourth-order valence-corrected chi connectivity index (χ4v) is 0.341. The summed E-state index contributed by atoms with van der Waals surface area (Å²) in [5.74, 6) is 0. The predicted molar refractivity (Wildman–Crippen MR) is 41.9 cm³/mol. The van der Waals surface area contributed by atoms with Crippen LogP contribution < -0.4 is 5.32 Å². The van der Waals surface area contributed by atoms with Gasteiger partial charge in [0, 0.05) is 44.8 Å². The van der Waals surface area contributed by atoms with E-state index in [1.807, 2.05) is 0 Å². The van der Waals surface area contributed by atoms with Crippen LogP contribution in [0.3, 0.4) is 0 Å². The minimum absolute atomic E-state index is 0. The van der Waals surface area contributed by atoms with Crippen molar-refractivity contribution in [1.29, 1.82) is 0 Å². The molecule has 1 radical (unpaired) electrons. The van der Waals surface area contributed by atoms with Gasteiger partial charge >= 0.3 is 0 Å². The van der Waals surface area contributed by atoms with Gasteiger partial charge in [-0.05, 0) is 27.7 Å². The molecular formula is C7H16N2Y. The van der Waals surface area contributed by atoms with E-state index in [0.717, 1.165) is 0 Å². The Bertz CT molecular complexity index is 89.6. The number of nitrogens with zero attached hydrogens (tertiary/aromatic N) is 1. The number of nitrogens with one attached hydrogen (secondary N) is 1. The first kappa shape index (κ1) is 13.2. The van der Waals surface area contributed by atoms with Crippen LogP contribution in [0.5, 0.6) is 0 Å². The Balaban J connectivity index is 0. The maximum Gasteiger partial charge on any atom is 0.0828 e. The van der Waals surface area contributed by atoms with Crippen molar-refractivity contribution in [2.45, 2.75) is 39.8 Å². The molecule has 0 aromatic carbocycles. The smallest absolute Gasteiger partial charge is 0.0828 e. The maximum atomic E-state index is 4.13. The molecule has 0 aromatic heterocycles. The van der Waals surface area contributed by atoms with Gasteiger partial charge in [-0.1, -0.05) is 0 Å². The summed E-state index contributed by atoms with van der Waals surface area (Å²) in [7, 11) is 0. The molecule has 0 spiro atoms. The Labute approximate surface area is 88.8 Å². The van der Waals surface area contributed by atoms with Gasteiger partial charge in [0.2, 0.25) is 0 Å². The summed E-state index contributed by atoms with van der Waals surface area (Å²) in [6.45, 7) is 8.29. The molecule has 0 saturated heterocycles. The summed E-state index contributed by atoms with van der Waals surface area (Å²) in [6, 6.07) is 0.892. The van der Waals surface area contributed by atoms with Crippen molar-refractivity contribution in [2.75, 3.05) is 0 Å². The number of aliphatic imine (C=N–C) groups is 1. The molecular weight excluding hydrogens is 201 g/mol. The summed E-state index contributed by atoms with van der Waals surface area (Å²) in [5.41, 5.74) is 0. The van der Waals surface area contributed by atoms with Crippen molar-refractivity contribution in [2.24, 2.45) is 4.99 Å². The molecule has 1 N–H and O–H groups in total. The molecule has 10 heavy (non-hydrogen) atoms. The number of rotatable bonds is 3. The molecule has 0 amide bonds. The van der Waals surface area contributed by atoms with Crippen LogP contribution in [0.25, 0.3) is 0 Å². The van der Waals surface area contributed by atoms with E-state index in [2.05, 4.69) is 38.0 Å². The molecule has 0 fully saturated rings. The van der Waals surface area contributed by atoms with Crippen molar-refractivity contribution < 1.29 is 32.7 Å². The maximum absolute atomic E-state index is 4.13. The molecule has 0 bridgehead atoms. The standard InChI is InChI=1S/C7H16N2.Y/c1-6(2)8-5-9-7(3)4;/h5-7H,1-4H3,(H,8,9);. The molecule has 0 aromatic rings. The van der Waals surface area contributed by atoms with Gasteiger partial charge in [-0.25, -0.2) is 0 Å². The largest absolute Gasteiger partial charge is 0.374 e. The Kier molecular flexibility index (Phi) is 10.1. The zero-order chi connectivity index (χ0) is 7.28. The van der Waals surface area contributed by atoms with Crippen LogP contribution >= 0.6 is 0 Å². The van der Waals surface area contributed by atoms with E-state index >= 15 is 0 Å². The van der Waals surface area contributed by atoms with Gasteiger partial charge in [0.15, 0.2) is 0 Å². The third kappa shape index (κ3) is 11.4.